The van der Waals surface area contributed by atoms with E-state index in [1.807, 2.05) is 6.92 Å². The molecule has 0 atom stereocenters. The molecule has 0 saturated heterocycles. The summed E-state index contributed by atoms with van der Waals surface area (Å²) in [6.07, 6.45) is 0. The number of aromatic nitrogens is 1. The molecule has 0 saturated carbocycles. The maximum atomic E-state index is 13.4. The third-order valence-electron chi connectivity index (χ3n) is 2.24. The summed E-state index contributed by atoms with van der Waals surface area (Å²) < 4.78 is 13.4. The zero-order valence-electron chi connectivity index (χ0n) is 8.83. The van der Waals surface area contributed by atoms with Crippen LogP contribution in [-0.2, 0) is 0 Å². The van der Waals surface area contributed by atoms with Crippen molar-refractivity contribution >= 4 is 16.8 Å². The summed E-state index contributed by atoms with van der Waals surface area (Å²) in [6, 6.07) is 7.98. The molecule has 16 heavy (non-hydrogen) atoms. The summed E-state index contributed by atoms with van der Waals surface area (Å²) in [5.41, 5.74) is 0.464. The van der Waals surface area contributed by atoms with Crippen LogP contribution >= 0.6 is 0 Å². The molecule has 0 radical (unpaired) electrons. The zero-order chi connectivity index (χ0) is 11.5. The first-order valence-electron chi connectivity index (χ1n) is 5.06. The second kappa shape index (κ2) is 4.26. The van der Waals surface area contributed by atoms with E-state index < -0.39 is 5.82 Å². The summed E-state index contributed by atoms with van der Waals surface area (Å²) >= 11 is 0. The molecule has 0 aliphatic rings. The van der Waals surface area contributed by atoms with Crippen LogP contribution in [-0.4, -0.2) is 17.4 Å². The molecule has 1 aromatic carbocycles. The molecule has 3 nitrogen and oxygen atoms in total. The van der Waals surface area contributed by atoms with E-state index in [1.54, 1.807) is 24.3 Å². The molecule has 1 aromatic heterocycles. The van der Waals surface area contributed by atoms with Crippen LogP contribution in [0.2, 0.25) is 0 Å². The molecule has 1 N–H and O–H groups in total. The summed E-state index contributed by atoms with van der Waals surface area (Å²) in [4.78, 5) is 15.5. The Morgan fingerprint density at radius 3 is 2.94 bits per heavy atom. The van der Waals surface area contributed by atoms with Gasteiger partial charge in [-0.05, 0) is 19.1 Å². The lowest BCUT2D eigenvalue weighted by atomic mass is 10.2. The Labute approximate surface area is 92.3 Å². The Hall–Kier alpha value is -1.97. The molecule has 0 spiro atoms. The van der Waals surface area contributed by atoms with Crippen molar-refractivity contribution in [1.82, 2.24) is 10.3 Å². The maximum Gasteiger partial charge on any atom is 0.269 e. The number of nitrogens with zero attached hydrogens (tertiary/aromatic N) is 1. The number of hydrogen-bond donors (Lipinski definition) is 1. The van der Waals surface area contributed by atoms with Gasteiger partial charge in [-0.2, -0.15) is 0 Å². The van der Waals surface area contributed by atoms with Gasteiger partial charge in [-0.3, -0.25) is 4.79 Å². The second-order valence-corrected chi connectivity index (χ2v) is 3.37. The van der Waals surface area contributed by atoms with Crippen molar-refractivity contribution in [2.45, 2.75) is 6.92 Å². The van der Waals surface area contributed by atoms with Crippen molar-refractivity contribution < 1.29 is 9.18 Å². The fraction of sp³-hybridized carbons (Fsp3) is 0.167. The summed E-state index contributed by atoms with van der Waals surface area (Å²) in [7, 11) is 0. The molecule has 2 aromatic rings. The highest BCUT2D eigenvalue weighted by Gasteiger charge is 2.08. The molecule has 0 bridgehead atoms. The highest BCUT2D eigenvalue weighted by atomic mass is 19.1. The fourth-order valence-corrected chi connectivity index (χ4v) is 1.49. The van der Waals surface area contributed by atoms with Gasteiger partial charge in [-0.25, -0.2) is 9.37 Å². The van der Waals surface area contributed by atoms with Gasteiger partial charge in [0.1, 0.15) is 17.0 Å². The first-order chi connectivity index (χ1) is 7.72. The highest BCUT2D eigenvalue weighted by molar-refractivity contribution is 5.94. The molecule has 4 heteroatoms. The van der Waals surface area contributed by atoms with Crippen LogP contribution in [0.4, 0.5) is 4.39 Å². The van der Waals surface area contributed by atoms with Crippen LogP contribution in [0.15, 0.2) is 30.3 Å². The Morgan fingerprint density at radius 2 is 2.19 bits per heavy atom. The monoisotopic (exact) mass is 218 g/mol. The minimum Gasteiger partial charge on any atom is -0.351 e. The van der Waals surface area contributed by atoms with Crippen molar-refractivity contribution in [3.05, 3.63) is 41.8 Å². The van der Waals surface area contributed by atoms with Crippen molar-refractivity contribution in [1.29, 1.82) is 0 Å². The van der Waals surface area contributed by atoms with Gasteiger partial charge in [0.25, 0.3) is 5.91 Å². The molecular formula is C12H11FN2O. The number of amides is 1. The maximum absolute atomic E-state index is 13.4. The number of halogens is 1. The summed E-state index contributed by atoms with van der Waals surface area (Å²) in [5.74, 6) is -0.698. The fourth-order valence-electron chi connectivity index (χ4n) is 1.49. The molecule has 1 amide bonds. The van der Waals surface area contributed by atoms with Crippen LogP contribution < -0.4 is 5.32 Å². The van der Waals surface area contributed by atoms with Crippen molar-refractivity contribution in [3.8, 4) is 0 Å². The van der Waals surface area contributed by atoms with E-state index in [2.05, 4.69) is 10.3 Å². The number of carbonyl (C=O) groups excluding carboxylic acids is 1. The van der Waals surface area contributed by atoms with Crippen molar-refractivity contribution in [2.24, 2.45) is 0 Å². The number of nitrogens with one attached hydrogen (secondary N) is 1. The van der Waals surface area contributed by atoms with Gasteiger partial charge in [0.2, 0.25) is 0 Å². The number of rotatable bonds is 2. The van der Waals surface area contributed by atoms with Gasteiger partial charge in [-0.1, -0.05) is 18.2 Å². The van der Waals surface area contributed by atoms with Crippen LogP contribution in [0.25, 0.3) is 10.9 Å². The van der Waals surface area contributed by atoms with Gasteiger partial charge in [-0.15, -0.1) is 0 Å². The van der Waals surface area contributed by atoms with Crippen LogP contribution in [0.3, 0.4) is 0 Å². The van der Waals surface area contributed by atoms with Gasteiger partial charge in [0.15, 0.2) is 0 Å². The molecular weight excluding hydrogens is 207 g/mol. The minimum absolute atomic E-state index is 0.228. The van der Waals surface area contributed by atoms with E-state index in [0.717, 1.165) is 0 Å². The number of para-hydroxylation sites is 1. The van der Waals surface area contributed by atoms with Crippen LogP contribution in [0.1, 0.15) is 17.4 Å². The molecule has 0 aliphatic heterocycles. The van der Waals surface area contributed by atoms with E-state index in [9.17, 15) is 9.18 Å². The number of hydrogen-bond acceptors (Lipinski definition) is 2. The largest absolute Gasteiger partial charge is 0.351 e. The molecule has 1 heterocycles. The first-order valence-corrected chi connectivity index (χ1v) is 5.06. The SMILES string of the molecule is CCNC(=O)c1ccc2cccc(F)c2n1. The summed E-state index contributed by atoms with van der Waals surface area (Å²) in [5, 5.41) is 3.31. The Bertz CT molecular complexity index is 540. The first kappa shape index (κ1) is 10.5. The van der Waals surface area contributed by atoms with Crippen molar-refractivity contribution in [2.75, 3.05) is 6.54 Å². The minimum atomic E-state index is -0.413. The molecule has 0 fully saturated rings. The normalized spacial score (nSPS) is 10.4. The van der Waals surface area contributed by atoms with Gasteiger partial charge >= 0.3 is 0 Å². The predicted molar refractivity (Wildman–Crippen MR) is 59.7 cm³/mol. The lowest BCUT2D eigenvalue weighted by molar-refractivity contribution is 0.0951. The number of pyridine rings is 1. The lowest BCUT2D eigenvalue weighted by Gasteiger charge is -2.03. The molecule has 82 valence electrons. The number of carbonyl (C=O) groups is 1. The topological polar surface area (TPSA) is 42.0 Å². The van der Waals surface area contributed by atoms with Gasteiger partial charge in [0, 0.05) is 11.9 Å². The predicted octanol–water partition coefficient (Wildman–Crippen LogP) is 2.12. The van der Waals surface area contributed by atoms with E-state index >= 15 is 0 Å². The van der Waals surface area contributed by atoms with E-state index in [-0.39, 0.29) is 17.1 Å². The van der Waals surface area contributed by atoms with Crippen LogP contribution in [0.5, 0.6) is 0 Å². The van der Waals surface area contributed by atoms with Crippen molar-refractivity contribution in [3.63, 3.8) is 0 Å². The van der Waals surface area contributed by atoms with Crippen LogP contribution in [0, 0.1) is 5.82 Å². The van der Waals surface area contributed by atoms with Gasteiger partial charge in [0.05, 0.1) is 0 Å². The Morgan fingerprint density at radius 1 is 1.38 bits per heavy atom. The highest BCUT2D eigenvalue weighted by Crippen LogP contribution is 2.15. The quantitative estimate of drug-likeness (QED) is 0.838. The standard InChI is InChI=1S/C12H11FN2O/c1-2-14-12(16)10-7-6-8-4-3-5-9(13)11(8)15-10/h3-7H,2H2,1H3,(H,14,16). The summed E-state index contributed by atoms with van der Waals surface area (Å²) in [6.45, 7) is 2.34. The average molecular weight is 218 g/mol. The number of benzene rings is 1. The van der Waals surface area contributed by atoms with E-state index in [4.69, 9.17) is 0 Å². The third-order valence-corrected chi connectivity index (χ3v) is 2.24. The average Bonchev–Trinajstić information content (AvgIpc) is 2.29. The molecule has 0 aliphatic carbocycles. The zero-order valence-corrected chi connectivity index (χ0v) is 8.83. The number of fused-ring (bicyclic) bond motifs is 1. The third kappa shape index (κ3) is 1.86. The van der Waals surface area contributed by atoms with E-state index in [1.165, 1.54) is 6.07 Å². The van der Waals surface area contributed by atoms with Gasteiger partial charge < -0.3 is 5.32 Å². The molecule has 0 unspecified atom stereocenters. The second-order valence-electron chi connectivity index (χ2n) is 3.37. The Balaban J connectivity index is 2.51. The Kier molecular flexibility index (Phi) is 2.81. The lowest BCUT2D eigenvalue weighted by Crippen LogP contribution is -2.23. The van der Waals surface area contributed by atoms with E-state index in [0.29, 0.717) is 11.9 Å². The smallest absolute Gasteiger partial charge is 0.269 e. The molecule has 2 rings (SSSR count).